The lowest BCUT2D eigenvalue weighted by atomic mass is 10.1. The van der Waals surface area contributed by atoms with Crippen LogP contribution in [-0.2, 0) is 16.1 Å². The molecule has 0 heterocycles. The average molecular weight is 403 g/mol. The van der Waals surface area contributed by atoms with Crippen LogP contribution in [0, 0.1) is 11.3 Å². The third-order valence-electron chi connectivity index (χ3n) is 3.66. The first kappa shape index (κ1) is 21.1. The highest BCUT2D eigenvalue weighted by Gasteiger charge is 2.12. The molecule has 0 spiro atoms. The number of nitrogens with zero attached hydrogens (tertiary/aromatic N) is 1. The number of hydrogen-bond donors (Lipinski definition) is 1. The Bertz CT molecular complexity index is 908. The van der Waals surface area contributed by atoms with E-state index in [2.05, 4.69) is 5.32 Å². The maximum absolute atomic E-state index is 12.4. The number of rotatable bonds is 8. The third kappa shape index (κ3) is 5.89. The zero-order valence-electron chi connectivity index (χ0n) is 15.5. The van der Waals surface area contributed by atoms with Gasteiger partial charge in [0.25, 0.3) is 5.91 Å². The molecule has 0 bridgehead atoms. The topological polar surface area (TPSA) is 97.6 Å². The van der Waals surface area contributed by atoms with Crippen LogP contribution in [0.1, 0.15) is 28.4 Å². The predicted molar refractivity (Wildman–Crippen MR) is 102 cm³/mol. The molecule has 0 radical (unpaired) electrons. The minimum atomic E-state index is -0.522. The highest BCUT2D eigenvalue weighted by atomic mass is 35.5. The molecule has 0 aliphatic heterocycles. The Kier molecular flexibility index (Phi) is 7.66. The van der Waals surface area contributed by atoms with Crippen molar-refractivity contribution < 1.29 is 23.8 Å². The molecule has 28 heavy (non-hydrogen) atoms. The molecule has 1 amide bonds. The van der Waals surface area contributed by atoms with Crippen LogP contribution in [0.25, 0.3) is 0 Å². The van der Waals surface area contributed by atoms with Gasteiger partial charge in [0.1, 0.15) is 11.5 Å². The zero-order chi connectivity index (χ0) is 20.5. The number of amides is 1. The van der Waals surface area contributed by atoms with Crippen molar-refractivity contribution in [1.82, 2.24) is 5.32 Å². The average Bonchev–Trinajstić information content (AvgIpc) is 2.70. The second kappa shape index (κ2) is 10.2. The summed E-state index contributed by atoms with van der Waals surface area (Å²) in [6.07, 6.45) is 0. The van der Waals surface area contributed by atoms with Gasteiger partial charge in [0.2, 0.25) is 0 Å². The van der Waals surface area contributed by atoms with E-state index >= 15 is 0 Å². The van der Waals surface area contributed by atoms with Crippen LogP contribution in [0.3, 0.4) is 0 Å². The van der Waals surface area contributed by atoms with Crippen molar-refractivity contribution in [3.05, 3.63) is 58.1 Å². The Morgan fingerprint density at radius 1 is 1.21 bits per heavy atom. The van der Waals surface area contributed by atoms with E-state index in [0.29, 0.717) is 33.2 Å². The van der Waals surface area contributed by atoms with E-state index < -0.39 is 5.97 Å². The first-order valence-corrected chi connectivity index (χ1v) is 8.78. The Morgan fingerprint density at radius 3 is 2.68 bits per heavy atom. The number of hydrogen-bond acceptors (Lipinski definition) is 6. The maximum atomic E-state index is 12.4. The minimum Gasteiger partial charge on any atom is -0.497 e. The summed E-state index contributed by atoms with van der Waals surface area (Å²) >= 11 is 5.99. The predicted octanol–water partition coefficient (Wildman–Crippen LogP) is 3.09. The highest BCUT2D eigenvalue weighted by molar-refractivity contribution is 6.31. The Morgan fingerprint density at radius 2 is 2.00 bits per heavy atom. The summed E-state index contributed by atoms with van der Waals surface area (Å²) in [4.78, 5) is 24.0. The number of carbonyl (C=O) groups excluding carboxylic acids is 2. The van der Waals surface area contributed by atoms with Crippen LogP contribution < -0.4 is 14.8 Å². The Balaban J connectivity index is 2.12. The molecule has 0 aromatic heterocycles. The number of benzene rings is 2. The normalized spacial score (nSPS) is 9.93. The smallest absolute Gasteiger partial charge is 0.344 e. The van der Waals surface area contributed by atoms with Crippen molar-refractivity contribution in [2.45, 2.75) is 13.5 Å². The summed E-state index contributed by atoms with van der Waals surface area (Å²) < 4.78 is 15.4. The van der Waals surface area contributed by atoms with Crippen LogP contribution in [-0.4, -0.2) is 32.2 Å². The van der Waals surface area contributed by atoms with Gasteiger partial charge in [-0.3, -0.25) is 4.79 Å². The largest absolute Gasteiger partial charge is 0.497 e. The van der Waals surface area contributed by atoms with Crippen LogP contribution >= 0.6 is 11.6 Å². The summed E-state index contributed by atoms with van der Waals surface area (Å²) in [6.45, 7) is 1.76. The van der Waals surface area contributed by atoms with Gasteiger partial charge in [-0.05, 0) is 37.3 Å². The van der Waals surface area contributed by atoms with Gasteiger partial charge in [-0.1, -0.05) is 17.7 Å². The number of halogens is 1. The molecule has 2 rings (SSSR count). The molecule has 7 nitrogen and oxygen atoms in total. The van der Waals surface area contributed by atoms with E-state index in [4.69, 9.17) is 31.1 Å². The van der Waals surface area contributed by atoms with Crippen molar-refractivity contribution in [2.24, 2.45) is 0 Å². The van der Waals surface area contributed by atoms with Gasteiger partial charge in [-0.15, -0.1) is 0 Å². The standard InChI is InChI=1S/C20H19ClN2O5/c1-3-27-19(24)12-28-18-6-13(10-22)4-5-14(18)11-23-20(25)15-7-16(21)9-17(8-15)26-2/h4-9H,3,11-12H2,1-2H3,(H,23,25). The summed E-state index contributed by atoms with van der Waals surface area (Å²) in [6, 6.07) is 11.4. The molecule has 0 saturated heterocycles. The fourth-order valence-corrected chi connectivity index (χ4v) is 2.56. The van der Waals surface area contributed by atoms with Crippen molar-refractivity contribution in [3.8, 4) is 17.6 Å². The van der Waals surface area contributed by atoms with E-state index in [-0.39, 0.29) is 25.7 Å². The lowest BCUT2D eigenvalue weighted by molar-refractivity contribution is -0.145. The lowest BCUT2D eigenvalue weighted by Crippen LogP contribution is -2.23. The van der Waals surface area contributed by atoms with E-state index in [1.165, 1.54) is 19.2 Å². The second-order valence-corrected chi connectivity index (χ2v) is 6.03. The maximum Gasteiger partial charge on any atom is 0.344 e. The van der Waals surface area contributed by atoms with Gasteiger partial charge in [0, 0.05) is 22.7 Å². The van der Waals surface area contributed by atoms with E-state index in [0.717, 1.165) is 0 Å². The van der Waals surface area contributed by atoms with E-state index in [1.54, 1.807) is 31.2 Å². The molecular formula is C20H19ClN2O5. The first-order valence-electron chi connectivity index (χ1n) is 8.41. The van der Waals surface area contributed by atoms with Crippen LogP contribution in [0.2, 0.25) is 5.02 Å². The van der Waals surface area contributed by atoms with Gasteiger partial charge in [0.05, 0.1) is 25.3 Å². The molecule has 0 atom stereocenters. The fraction of sp³-hybridized carbons (Fsp3) is 0.250. The summed E-state index contributed by atoms with van der Waals surface area (Å²) in [5.41, 5.74) is 1.31. The summed E-state index contributed by atoms with van der Waals surface area (Å²) in [5.74, 6) is -0.0991. The Labute approximate surface area is 167 Å². The van der Waals surface area contributed by atoms with Crippen LogP contribution in [0.5, 0.6) is 11.5 Å². The molecule has 0 aliphatic rings. The number of nitriles is 1. The van der Waals surface area contributed by atoms with Gasteiger partial charge in [-0.25, -0.2) is 4.79 Å². The van der Waals surface area contributed by atoms with Crippen molar-refractivity contribution in [3.63, 3.8) is 0 Å². The molecule has 0 unspecified atom stereocenters. The zero-order valence-corrected chi connectivity index (χ0v) is 16.2. The fourth-order valence-electron chi connectivity index (χ4n) is 2.33. The first-order chi connectivity index (χ1) is 13.5. The van der Waals surface area contributed by atoms with Crippen LogP contribution in [0.4, 0.5) is 0 Å². The highest BCUT2D eigenvalue weighted by Crippen LogP contribution is 2.22. The summed E-state index contributed by atoms with van der Waals surface area (Å²) in [7, 11) is 1.48. The van der Waals surface area contributed by atoms with E-state index in [1.807, 2.05) is 6.07 Å². The monoisotopic (exact) mass is 402 g/mol. The van der Waals surface area contributed by atoms with Gasteiger partial charge >= 0.3 is 5.97 Å². The lowest BCUT2D eigenvalue weighted by Gasteiger charge is -2.13. The van der Waals surface area contributed by atoms with E-state index in [9.17, 15) is 9.59 Å². The Hall–Kier alpha value is -3.24. The third-order valence-corrected chi connectivity index (χ3v) is 3.87. The van der Waals surface area contributed by atoms with Gasteiger partial charge in [0.15, 0.2) is 6.61 Å². The number of methoxy groups -OCH3 is 1. The molecule has 1 N–H and O–H groups in total. The number of nitrogens with one attached hydrogen (secondary N) is 1. The second-order valence-electron chi connectivity index (χ2n) is 5.59. The molecule has 8 heteroatoms. The van der Waals surface area contributed by atoms with Gasteiger partial charge < -0.3 is 19.5 Å². The number of ether oxygens (including phenoxy) is 3. The molecule has 0 saturated carbocycles. The SMILES string of the molecule is CCOC(=O)COc1cc(C#N)ccc1CNC(=O)c1cc(Cl)cc(OC)c1. The minimum absolute atomic E-state index is 0.123. The van der Waals surface area contributed by atoms with Gasteiger partial charge in [-0.2, -0.15) is 5.26 Å². The van der Waals surface area contributed by atoms with Crippen molar-refractivity contribution in [1.29, 1.82) is 5.26 Å². The summed E-state index contributed by atoms with van der Waals surface area (Å²) in [5, 5.41) is 12.2. The number of esters is 1. The molecule has 2 aromatic carbocycles. The van der Waals surface area contributed by atoms with Crippen molar-refractivity contribution in [2.75, 3.05) is 20.3 Å². The molecule has 146 valence electrons. The molecule has 0 aliphatic carbocycles. The quantitative estimate of drug-likeness (QED) is 0.681. The number of carbonyl (C=O) groups is 2. The van der Waals surface area contributed by atoms with Crippen LogP contribution in [0.15, 0.2) is 36.4 Å². The molecular weight excluding hydrogens is 384 g/mol. The van der Waals surface area contributed by atoms with Crippen molar-refractivity contribution >= 4 is 23.5 Å². The molecule has 2 aromatic rings. The molecule has 0 fully saturated rings.